The Labute approximate surface area is 150 Å². The van der Waals surface area contributed by atoms with Crippen molar-refractivity contribution in [1.29, 1.82) is 0 Å². The van der Waals surface area contributed by atoms with Gasteiger partial charge in [-0.2, -0.15) is 4.98 Å². The molecule has 6 heteroatoms. The van der Waals surface area contributed by atoms with Gasteiger partial charge in [-0.25, -0.2) is 0 Å². The van der Waals surface area contributed by atoms with E-state index in [1.807, 2.05) is 30.3 Å². The number of likely N-dealkylation sites (tertiary alicyclic amines) is 1. The summed E-state index contributed by atoms with van der Waals surface area (Å²) >= 11 is 6.01. The molecule has 5 nitrogen and oxygen atoms in total. The number of carbonyl (C=O) groups is 1. The summed E-state index contributed by atoms with van der Waals surface area (Å²) in [6.07, 6.45) is 1.71. The van der Waals surface area contributed by atoms with Crippen LogP contribution in [0.4, 0.5) is 0 Å². The Bertz CT molecular complexity index is 894. The number of hydrogen-bond donors (Lipinski definition) is 0. The summed E-state index contributed by atoms with van der Waals surface area (Å²) in [6, 6.07) is 16.4. The minimum Gasteiger partial charge on any atom is -0.337 e. The van der Waals surface area contributed by atoms with Crippen LogP contribution in [0, 0.1) is 0 Å². The lowest BCUT2D eigenvalue weighted by Crippen LogP contribution is -2.30. The molecule has 0 saturated carbocycles. The third kappa shape index (κ3) is 3.15. The monoisotopic (exact) mass is 353 g/mol. The van der Waals surface area contributed by atoms with Gasteiger partial charge >= 0.3 is 0 Å². The van der Waals surface area contributed by atoms with Crippen LogP contribution >= 0.6 is 11.6 Å². The molecule has 25 heavy (non-hydrogen) atoms. The largest absolute Gasteiger partial charge is 0.337 e. The van der Waals surface area contributed by atoms with Crippen LogP contribution in [0.3, 0.4) is 0 Å². The second-order valence-corrected chi connectivity index (χ2v) is 6.43. The minimum atomic E-state index is -0.198. The molecule has 126 valence electrons. The number of carbonyl (C=O) groups excluding carboxylic acids is 1. The molecule has 1 unspecified atom stereocenters. The van der Waals surface area contributed by atoms with Crippen LogP contribution < -0.4 is 0 Å². The maximum atomic E-state index is 12.8. The SMILES string of the molecule is O=C(c1cccc(Cl)c1)N1CCCC1c1nc(-c2ccccc2)no1. The number of benzene rings is 2. The third-order valence-electron chi connectivity index (χ3n) is 4.34. The summed E-state index contributed by atoms with van der Waals surface area (Å²) in [5.74, 6) is 0.953. The highest BCUT2D eigenvalue weighted by Gasteiger charge is 2.34. The fraction of sp³-hybridized carbons (Fsp3) is 0.211. The average Bonchev–Trinajstić information content (AvgIpc) is 3.31. The Balaban J connectivity index is 1.60. The molecule has 1 aromatic heterocycles. The lowest BCUT2D eigenvalue weighted by Gasteiger charge is -2.22. The van der Waals surface area contributed by atoms with E-state index in [0.717, 1.165) is 18.4 Å². The van der Waals surface area contributed by atoms with Crippen molar-refractivity contribution < 1.29 is 9.32 Å². The van der Waals surface area contributed by atoms with Gasteiger partial charge in [0.1, 0.15) is 6.04 Å². The van der Waals surface area contributed by atoms with Gasteiger partial charge in [-0.1, -0.05) is 53.2 Å². The van der Waals surface area contributed by atoms with E-state index in [4.69, 9.17) is 16.1 Å². The molecule has 4 rings (SSSR count). The average molecular weight is 354 g/mol. The van der Waals surface area contributed by atoms with Crippen LogP contribution in [0.25, 0.3) is 11.4 Å². The number of aromatic nitrogens is 2. The Morgan fingerprint density at radius 3 is 2.80 bits per heavy atom. The van der Waals surface area contributed by atoms with Gasteiger partial charge < -0.3 is 9.42 Å². The maximum absolute atomic E-state index is 12.8. The van der Waals surface area contributed by atoms with Crippen LogP contribution in [0.1, 0.15) is 35.1 Å². The quantitative estimate of drug-likeness (QED) is 0.701. The highest BCUT2D eigenvalue weighted by molar-refractivity contribution is 6.30. The van der Waals surface area contributed by atoms with Crippen molar-refractivity contribution in [2.24, 2.45) is 0 Å². The Kier molecular flexibility index (Phi) is 4.24. The lowest BCUT2D eigenvalue weighted by atomic mass is 10.1. The van der Waals surface area contributed by atoms with Gasteiger partial charge in [0.15, 0.2) is 0 Å². The summed E-state index contributed by atoms with van der Waals surface area (Å²) in [6.45, 7) is 0.666. The van der Waals surface area contributed by atoms with Gasteiger partial charge in [0.2, 0.25) is 11.7 Å². The lowest BCUT2D eigenvalue weighted by molar-refractivity contribution is 0.0710. The molecule has 0 aliphatic carbocycles. The second kappa shape index (κ2) is 6.69. The zero-order valence-electron chi connectivity index (χ0n) is 13.4. The fourth-order valence-electron chi connectivity index (χ4n) is 3.13. The standard InChI is InChI=1S/C19H16ClN3O2/c20-15-9-4-8-14(12-15)19(24)23-11-5-10-16(23)18-21-17(22-25-18)13-6-2-1-3-7-13/h1-4,6-9,12,16H,5,10-11H2. The smallest absolute Gasteiger partial charge is 0.254 e. The van der Waals surface area contributed by atoms with Gasteiger partial charge in [-0.05, 0) is 31.0 Å². The molecule has 1 atom stereocenters. The molecule has 0 N–H and O–H groups in total. The molecule has 1 saturated heterocycles. The highest BCUT2D eigenvalue weighted by Crippen LogP contribution is 2.33. The molecule has 3 aromatic rings. The summed E-state index contributed by atoms with van der Waals surface area (Å²) < 4.78 is 5.46. The van der Waals surface area contributed by atoms with Gasteiger partial charge in [0.25, 0.3) is 5.91 Å². The first-order valence-electron chi connectivity index (χ1n) is 8.18. The normalized spacial score (nSPS) is 17.0. The molecule has 1 fully saturated rings. The Morgan fingerprint density at radius 1 is 1.16 bits per heavy atom. The molecule has 1 amide bonds. The van der Waals surface area contributed by atoms with E-state index in [1.165, 1.54) is 0 Å². The van der Waals surface area contributed by atoms with E-state index in [0.29, 0.717) is 28.8 Å². The first-order chi connectivity index (χ1) is 12.2. The number of halogens is 1. The minimum absolute atomic E-state index is 0.0653. The first kappa shape index (κ1) is 15.8. The summed E-state index contributed by atoms with van der Waals surface area (Å²) in [7, 11) is 0. The van der Waals surface area contributed by atoms with Crippen LogP contribution in [0.15, 0.2) is 59.1 Å². The van der Waals surface area contributed by atoms with Gasteiger partial charge in [0.05, 0.1) is 0 Å². The zero-order valence-corrected chi connectivity index (χ0v) is 14.2. The number of amides is 1. The third-order valence-corrected chi connectivity index (χ3v) is 4.58. The second-order valence-electron chi connectivity index (χ2n) is 5.99. The van der Waals surface area contributed by atoms with Gasteiger partial charge in [0, 0.05) is 22.7 Å². The van der Waals surface area contributed by atoms with Crippen molar-refractivity contribution in [3.8, 4) is 11.4 Å². The first-order valence-corrected chi connectivity index (χ1v) is 8.56. The van der Waals surface area contributed by atoms with E-state index in [-0.39, 0.29) is 11.9 Å². The topological polar surface area (TPSA) is 59.2 Å². The zero-order chi connectivity index (χ0) is 17.2. The number of rotatable bonds is 3. The van der Waals surface area contributed by atoms with Crippen molar-refractivity contribution in [1.82, 2.24) is 15.0 Å². The van der Waals surface area contributed by atoms with E-state index in [1.54, 1.807) is 29.2 Å². The molecular weight excluding hydrogens is 338 g/mol. The van der Waals surface area contributed by atoms with Crippen LogP contribution in [-0.4, -0.2) is 27.5 Å². The summed E-state index contributed by atoms with van der Waals surface area (Å²) in [5, 5.41) is 4.61. The van der Waals surface area contributed by atoms with E-state index in [2.05, 4.69) is 10.1 Å². The fourth-order valence-corrected chi connectivity index (χ4v) is 3.32. The predicted octanol–water partition coefficient (Wildman–Crippen LogP) is 4.37. The Morgan fingerprint density at radius 2 is 2.00 bits per heavy atom. The predicted molar refractivity (Wildman–Crippen MR) is 94.2 cm³/mol. The number of hydrogen-bond acceptors (Lipinski definition) is 4. The molecule has 1 aliphatic heterocycles. The molecule has 0 radical (unpaired) electrons. The molecule has 1 aliphatic rings. The molecule has 0 bridgehead atoms. The van der Waals surface area contributed by atoms with Crippen molar-refractivity contribution in [3.05, 3.63) is 71.1 Å². The van der Waals surface area contributed by atoms with E-state index >= 15 is 0 Å². The van der Waals surface area contributed by atoms with Gasteiger partial charge in [-0.15, -0.1) is 0 Å². The molecule has 0 spiro atoms. The van der Waals surface area contributed by atoms with Crippen LogP contribution in [-0.2, 0) is 0 Å². The summed E-state index contributed by atoms with van der Waals surface area (Å²) in [4.78, 5) is 19.1. The van der Waals surface area contributed by atoms with Crippen molar-refractivity contribution in [2.45, 2.75) is 18.9 Å². The van der Waals surface area contributed by atoms with Crippen LogP contribution in [0.5, 0.6) is 0 Å². The van der Waals surface area contributed by atoms with Crippen molar-refractivity contribution in [3.63, 3.8) is 0 Å². The van der Waals surface area contributed by atoms with Crippen molar-refractivity contribution >= 4 is 17.5 Å². The van der Waals surface area contributed by atoms with Gasteiger partial charge in [-0.3, -0.25) is 4.79 Å². The molecular formula is C19H16ClN3O2. The summed E-state index contributed by atoms with van der Waals surface area (Å²) in [5.41, 5.74) is 1.46. The van der Waals surface area contributed by atoms with E-state index in [9.17, 15) is 4.79 Å². The number of nitrogens with zero attached hydrogens (tertiary/aromatic N) is 3. The highest BCUT2D eigenvalue weighted by atomic mass is 35.5. The van der Waals surface area contributed by atoms with Crippen molar-refractivity contribution in [2.75, 3.05) is 6.54 Å². The van der Waals surface area contributed by atoms with Crippen LogP contribution in [0.2, 0.25) is 5.02 Å². The molecule has 2 heterocycles. The Hall–Kier alpha value is -2.66. The maximum Gasteiger partial charge on any atom is 0.254 e. The van der Waals surface area contributed by atoms with E-state index < -0.39 is 0 Å². The molecule has 2 aromatic carbocycles.